The number of fused-ring (bicyclic) bond motifs is 1. The highest BCUT2D eigenvalue weighted by Crippen LogP contribution is 2.27. The van der Waals surface area contributed by atoms with Crippen LogP contribution in [0.2, 0.25) is 0 Å². The van der Waals surface area contributed by atoms with Crippen LogP contribution >= 0.6 is 0 Å². The Kier molecular flexibility index (Phi) is 6.71. The van der Waals surface area contributed by atoms with Crippen LogP contribution in [0, 0.1) is 0 Å². The van der Waals surface area contributed by atoms with Gasteiger partial charge in [0.1, 0.15) is 5.75 Å². The van der Waals surface area contributed by atoms with Crippen molar-refractivity contribution < 1.29 is 27.4 Å². The van der Waals surface area contributed by atoms with Crippen molar-refractivity contribution in [2.45, 2.75) is 51.7 Å². The summed E-state index contributed by atoms with van der Waals surface area (Å²) in [4.78, 5) is 14.9. The maximum Gasteiger partial charge on any atom is 0.573 e. The van der Waals surface area contributed by atoms with Crippen LogP contribution in [-0.2, 0) is 30.7 Å². The van der Waals surface area contributed by atoms with Crippen molar-refractivity contribution in [2.24, 2.45) is 0 Å². The number of hydrogen-bond donors (Lipinski definition) is 1. The van der Waals surface area contributed by atoms with E-state index in [1.165, 1.54) is 12.1 Å². The average Bonchev–Trinajstić information content (AvgIpc) is 3.15. The molecule has 2 aromatic rings. The number of ether oxygens (including phenoxy) is 2. The molecule has 0 spiro atoms. The molecule has 0 bridgehead atoms. The van der Waals surface area contributed by atoms with E-state index in [9.17, 15) is 18.0 Å². The summed E-state index contributed by atoms with van der Waals surface area (Å²) in [5.74, 6) is -0.292. The van der Waals surface area contributed by atoms with Gasteiger partial charge < -0.3 is 19.7 Å². The second-order valence-corrected chi connectivity index (χ2v) is 8.01. The van der Waals surface area contributed by atoms with Crippen LogP contribution in [0.4, 0.5) is 13.2 Å². The molecular weight excluding hydrogens is 425 g/mol. The van der Waals surface area contributed by atoms with Gasteiger partial charge in [-0.1, -0.05) is 12.1 Å². The Balaban J connectivity index is 1.44. The number of alkyl halides is 3. The Hall–Kier alpha value is -2.59. The van der Waals surface area contributed by atoms with Crippen molar-refractivity contribution in [3.05, 3.63) is 46.8 Å². The molecule has 1 N–H and O–H groups in total. The number of carbonyl (C=O) groups excluding carboxylic acids is 1. The number of morpholine rings is 1. The van der Waals surface area contributed by atoms with Crippen molar-refractivity contribution in [2.75, 3.05) is 26.3 Å². The molecule has 32 heavy (non-hydrogen) atoms. The molecule has 1 amide bonds. The minimum absolute atomic E-state index is 0.0607. The van der Waals surface area contributed by atoms with Crippen molar-refractivity contribution in [1.82, 2.24) is 20.0 Å². The molecular formula is C22H27F3N4O3. The van der Waals surface area contributed by atoms with Crippen LogP contribution < -0.4 is 10.1 Å². The Labute approximate surface area is 184 Å². The average molecular weight is 452 g/mol. The molecule has 0 saturated carbocycles. The maximum absolute atomic E-state index is 13.1. The highest BCUT2D eigenvalue weighted by Gasteiger charge is 2.32. The Morgan fingerprint density at radius 3 is 2.81 bits per heavy atom. The molecule has 1 atom stereocenters. The zero-order valence-electron chi connectivity index (χ0n) is 18.0. The van der Waals surface area contributed by atoms with E-state index in [0.29, 0.717) is 57.1 Å². The van der Waals surface area contributed by atoms with Gasteiger partial charge in [0.2, 0.25) is 0 Å². The van der Waals surface area contributed by atoms with Crippen molar-refractivity contribution >= 4 is 5.91 Å². The molecule has 1 aromatic heterocycles. The first-order valence-electron chi connectivity index (χ1n) is 10.9. The molecule has 2 heterocycles. The standard InChI is InChI=1S/C22H27F3N4O3/c1-2-29-19-7-6-16(26-14-15-4-3-5-17(12-15)32-22(23,24)25)13-18(19)20(27-29)21(30)28-8-10-31-11-9-28/h3-5,12,16,26H,2,6-11,13-14H2,1H3/t16-/m1/s1. The minimum atomic E-state index is -4.71. The summed E-state index contributed by atoms with van der Waals surface area (Å²) < 4.78 is 48.7. The first kappa shape index (κ1) is 22.6. The van der Waals surface area contributed by atoms with Gasteiger partial charge in [0.25, 0.3) is 5.91 Å². The third kappa shape index (κ3) is 5.24. The van der Waals surface area contributed by atoms with E-state index in [0.717, 1.165) is 24.1 Å². The summed E-state index contributed by atoms with van der Waals surface area (Å²) in [5.41, 5.74) is 3.28. The lowest BCUT2D eigenvalue weighted by Gasteiger charge is -2.28. The molecule has 1 saturated heterocycles. The zero-order chi connectivity index (χ0) is 22.7. The number of rotatable bonds is 6. The molecule has 2 aliphatic rings. The van der Waals surface area contributed by atoms with E-state index in [1.54, 1.807) is 17.0 Å². The number of nitrogens with one attached hydrogen (secondary N) is 1. The van der Waals surface area contributed by atoms with Gasteiger partial charge in [-0.15, -0.1) is 13.2 Å². The predicted molar refractivity (Wildman–Crippen MR) is 110 cm³/mol. The van der Waals surface area contributed by atoms with E-state index in [4.69, 9.17) is 4.74 Å². The molecule has 1 aliphatic heterocycles. The molecule has 0 radical (unpaired) electrons. The van der Waals surface area contributed by atoms with E-state index in [1.807, 2.05) is 11.6 Å². The monoisotopic (exact) mass is 452 g/mol. The van der Waals surface area contributed by atoms with E-state index < -0.39 is 6.36 Å². The molecule has 1 aliphatic carbocycles. The maximum atomic E-state index is 13.1. The fraction of sp³-hybridized carbons (Fsp3) is 0.545. The van der Waals surface area contributed by atoms with Crippen LogP contribution in [0.25, 0.3) is 0 Å². The first-order chi connectivity index (χ1) is 15.3. The molecule has 0 unspecified atom stereocenters. The van der Waals surface area contributed by atoms with Gasteiger partial charge in [0, 0.05) is 43.5 Å². The van der Waals surface area contributed by atoms with Crippen molar-refractivity contribution in [3.63, 3.8) is 0 Å². The molecule has 4 rings (SSSR count). The molecule has 1 aromatic carbocycles. The third-order valence-corrected chi connectivity index (χ3v) is 5.87. The summed E-state index contributed by atoms with van der Waals surface area (Å²) in [6.07, 6.45) is -2.40. The van der Waals surface area contributed by atoms with Gasteiger partial charge in [-0.05, 0) is 43.9 Å². The summed E-state index contributed by atoms with van der Waals surface area (Å²) in [6.45, 7) is 5.30. The number of benzene rings is 1. The first-order valence-corrected chi connectivity index (χ1v) is 10.9. The number of carbonyl (C=O) groups is 1. The Morgan fingerprint density at radius 2 is 2.09 bits per heavy atom. The highest BCUT2D eigenvalue weighted by molar-refractivity contribution is 5.94. The van der Waals surface area contributed by atoms with Crippen molar-refractivity contribution in [3.8, 4) is 5.75 Å². The zero-order valence-corrected chi connectivity index (χ0v) is 18.0. The van der Waals surface area contributed by atoms with Crippen LogP contribution in [0.15, 0.2) is 24.3 Å². The Bertz CT molecular complexity index is 954. The van der Waals surface area contributed by atoms with Crippen LogP contribution in [0.3, 0.4) is 0 Å². The summed E-state index contributed by atoms with van der Waals surface area (Å²) in [7, 11) is 0. The number of halogens is 3. The fourth-order valence-corrected chi connectivity index (χ4v) is 4.33. The second-order valence-electron chi connectivity index (χ2n) is 8.01. The number of aryl methyl sites for hydroxylation is 1. The molecule has 10 heteroatoms. The summed E-state index contributed by atoms with van der Waals surface area (Å²) in [5, 5.41) is 8.04. The Morgan fingerprint density at radius 1 is 1.31 bits per heavy atom. The topological polar surface area (TPSA) is 68.6 Å². The lowest BCUT2D eigenvalue weighted by Crippen LogP contribution is -2.41. The largest absolute Gasteiger partial charge is 0.573 e. The molecule has 1 fully saturated rings. The van der Waals surface area contributed by atoms with Gasteiger partial charge in [0.05, 0.1) is 13.2 Å². The van der Waals surface area contributed by atoms with Gasteiger partial charge >= 0.3 is 6.36 Å². The predicted octanol–water partition coefficient (Wildman–Crippen LogP) is 2.92. The number of amides is 1. The van der Waals surface area contributed by atoms with Gasteiger partial charge in [-0.25, -0.2) is 0 Å². The number of nitrogens with zero attached hydrogens (tertiary/aromatic N) is 3. The number of hydrogen-bond acceptors (Lipinski definition) is 5. The van der Waals surface area contributed by atoms with E-state index in [-0.39, 0.29) is 17.7 Å². The molecule has 7 nitrogen and oxygen atoms in total. The van der Waals surface area contributed by atoms with E-state index in [2.05, 4.69) is 15.2 Å². The lowest BCUT2D eigenvalue weighted by molar-refractivity contribution is -0.274. The number of aromatic nitrogens is 2. The SMILES string of the molecule is CCn1nc(C(=O)N2CCOCC2)c2c1CC[C@@H](NCc1cccc(OC(F)(F)F)c1)C2. The second kappa shape index (κ2) is 9.50. The fourth-order valence-electron chi connectivity index (χ4n) is 4.33. The smallest absolute Gasteiger partial charge is 0.406 e. The van der Waals surface area contributed by atoms with Gasteiger partial charge in [0.15, 0.2) is 5.69 Å². The van der Waals surface area contributed by atoms with Crippen LogP contribution in [0.1, 0.15) is 40.7 Å². The third-order valence-electron chi connectivity index (χ3n) is 5.87. The van der Waals surface area contributed by atoms with Crippen molar-refractivity contribution in [1.29, 1.82) is 0 Å². The minimum Gasteiger partial charge on any atom is -0.406 e. The van der Waals surface area contributed by atoms with Gasteiger partial charge in [-0.2, -0.15) is 5.10 Å². The highest BCUT2D eigenvalue weighted by atomic mass is 19.4. The lowest BCUT2D eigenvalue weighted by atomic mass is 9.91. The summed E-state index contributed by atoms with van der Waals surface area (Å²) >= 11 is 0. The molecule has 174 valence electrons. The van der Waals surface area contributed by atoms with Gasteiger partial charge in [-0.3, -0.25) is 9.48 Å². The normalized spacial score (nSPS) is 19.0. The van der Waals surface area contributed by atoms with Crippen LogP contribution in [-0.4, -0.2) is 59.3 Å². The quantitative estimate of drug-likeness (QED) is 0.730. The van der Waals surface area contributed by atoms with E-state index >= 15 is 0 Å². The van der Waals surface area contributed by atoms with Crippen LogP contribution in [0.5, 0.6) is 5.75 Å². The summed E-state index contributed by atoms with van der Waals surface area (Å²) in [6, 6.07) is 6.07.